The maximum Gasteiger partial charge on any atom is 0.253 e. The number of rotatable bonds is 5. The van der Waals surface area contributed by atoms with Gasteiger partial charge in [0.05, 0.1) is 34.0 Å². The van der Waals surface area contributed by atoms with Crippen molar-refractivity contribution in [2.45, 2.75) is 13.3 Å². The summed E-state index contributed by atoms with van der Waals surface area (Å²) in [6.07, 6.45) is 0.0157. The third kappa shape index (κ3) is 4.17. The summed E-state index contributed by atoms with van der Waals surface area (Å²) in [6, 6.07) is 14.0. The highest BCUT2D eigenvalue weighted by molar-refractivity contribution is 6.33. The number of anilines is 1. The minimum Gasteiger partial charge on any atom is -0.441 e. The molecule has 0 aliphatic heterocycles. The molecule has 6 nitrogen and oxygen atoms in total. The standard InChI is InChI=1S/C20H18ClN3O3/c1-12-17(24-20(27-12)13-7-3-5-9-15(13)21)11-18(25)23-16-10-6-4-8-14(16)19(26)22-2/h3-10H,11H2,1-2H3,(H,22,26)(H,23,25). The van der Waals surface area contributed by atoms with Crippen molar-refractivity contribution in [1.82, 2.24) is 10.3 Å². The molecule has 3 aromatic rings. The Morgan fingerprint density at radius 2 is 1.81 bits per heavy atom. The molecule has 0 radical (unpaired) electrons. The van der Waals surface area contributed by atoms with E-state index in [0.29, 0.717) is 39.2 Å². The molecule has 0 spiro atoms. The number of benzene rings is 2. The third-order valence-corrected chi connectivity index (χ3v) is 4.33. The lowest BCUT2D eigenvalue weighted by Crippen LogP contribution is -2.22. The summed E-state index contributed by atoms with van der Waals surface area (Å²) in [7, 11) is 1.54. The summed E-state index contributed by atoms with van der Waals surface area (Å²) in [5.41, 5.74) is 2.01. The van der Waals surface area contributed by atoms with E-state index in [1.807, 2.05) is 12.1 Å². The van der Waals surface area contributed by atoms with Crippen LogP contribution in [0.3, 0.4) is 0 Å². The zero-order valence-electron chi connectivity index (χ0n) is 14.9. The van der Waals surface area contributed by atoms with E-state index in [0.717, 1.165) is 0 Å². The highest BCUT2D eigenvalue weighted by atomic mass is 35.5. The number of oxazole rings is 1. The first-order valence-corrected chi connectivity index (χ1v) is 8.69. The minimum atomic E-state index is -0.298. The average molecular weight is 384 g/mol. The number of hydrogen-bond acceptors (Lipinski definition) is 4. The monoisotopic (exact) mass is 383 g/mol. The number of hydrogen-bond donors (Lipinski definition) is 2. The number of nitrogens with one attached hydrogen (secondary N) is 2. The Morgan fingerprint density at radius 3 is 2.56 bits per heavy atom. The second-order valence-corrected chi connectivity index (χ2v) is 6.26. The van der Waals surface area contributed by atoms with E-state index in [4.69, 9.17) is 16.0 Å². The molecule has 3 rings (SSSR count). The summed E-state index contributed by atoms with van der Waals surface area (Å²) in [5.74, 6) is 0.337. The average Bonchev–Trinajstić information content (AvgIpc) is 3.02. The van der Waals surface area contributed by atoms with Gasteiger partial charge in [-0.2, -0.15) is 0 Å². The van der Waals surface area contributed by atoms with Gasteiger partial charge in [0.1, 0.15) is 5.76 Å². The molecule has 7 heteroatoms. The van der Waals surface area contributed by atoms with Crippen LogP contribution in [0.25, 0.3) is 11.5 Å². The zero-order valence-corrected chi connectivity index (χ0v) is 15.6. The van der Waals surface area contributed by atoms with Crippen molar-refractivity contribution in [3.8, 4) is 11.5 Å². The van der Waals surface area contributed by atoms with Crippen molar-refractivity contribution in [2.24, 2.45) is 0 Å². The number of nitrogens with zero attached hydrogens (tertiary/aromatic N) is 1. The van der Waals surface area contributed by atoms with Crippen LogP contribution in [0.2, 0.25) is 5.02 Å². The van der Waals surface area contributed by atoms with E-state index in [1.54, 1.807) is 43.3 Å². The largest absolute Gasteiger partial charge is 0.441 e. The van der Waals surface area contributed by atoms with Crippen LogP contribution in [0.5, 0.6) is 0 Å². The summed E-state index contributed by atoms with van der Waals surface area (Å²) >= 11 is 6.18. The van der Waals surface area contributed by atoms with Crippen LogP contribution in [0.15, 0.2) is 52.9 Å². The smallest absolute Gasteiger partial charge is 0.253 e. The van der Waals surface area contributed by atoms with Crippen LogP contribution in [0.4, 0.5) is 5.69 Å². The van der Waals surface area contributed by atoms with Crippen LogP contribution >= 0.6 is 11.6 Å². The molecule has 1 aromatic heterocycles. The van der Waals surface area contributed by atoms with Gasteiger partial charge < -0.3 is 15.1 Å². The van der Waals surface area contributed by atoms with Crippen molar-refractivity contribution < 1.29 is 14.0 Å². The molecule has 2 N–H and O–H groups in total. The lowest BCUT2D eigenvalue weighted by molar-refractivity contribution is -0.115. The molecule has 0 aliphatic rings. The Kier molecular flexibility index (Phi) is 5.57. The number of halogens is 1. The number of aromatic nitrogens is 1. The predicted octanol–water partition coefficient (Wildman–Crippen LogP) is 3.84. The van der Waals surface area contributed by atoms with Crippen molar-refractivity contribution in [3.05, 3.63) is 70.6 Å². The predicted molar refractivity (Wildman–Crippen MR) is 104 cm³/mol. The summed E-state index contributed by atoms with van der Waals surface area (Å²) in [4.78, 5) is 28.8. The molecular weight excluding hydrogens is 366 g/mol. The number of amides is 2. The highest BCUT2D eigenvalue weighted by Crippen LogP contribution is 2.28. The molecule has 1 heterocycles. The van der Waals surface area contributed by atoms with E-state index in [1.165, 1.54) is 7.05 Å². The summed E-state index contributed by atoms with van der Waals surface area (Å²) in [6.45, 7) is 1.74. The van der Waals surface area contributed by atoms with E-state index in [9.17, 15) is 9.59 Å². The van der Waals surface area contributed by atoms with Gasteiger partial charge in [0.2, 0.25) is 11.8 Å². The maximum atomic E-state index is 12.5. The Labute approximate surface area is 161 Å². The van der Waals surface area contributed by atoms with Crippen molar-refractivity contribution >= 4 is 29.1 Å². The van der Waals surface area contributed by atoms with Crippen LogP contribution < -0.4 is 10.6 Å². The summed E-state index contributed by atoms with van der Waals surface area (Å²) in [5, 5.41) is 5.83. The normalized spacial score (nSPS) is 10.5. The van der Waals surface area contributed by atoms with Crippen molar-refractivity contribution in [3.63, 3.8) is 0 Å². The van der Waals surface area contributed by atoms with Crippen LogP contribution in [-0.4, -0.2) is 23.8 Å². The van der Waals surface area contributed by atoms with Gasteiger partial charge in [-0.1, -0.05) is 35.9 Å². The van der Waals surface area contributed by atoms with Gasteiger partial charge in [-0.25, -0.2) is 4.98 Å². The number of carbonyl (C=O) groups is 2. The molecule has 0 saturated heterocycles. The second-order valence-electron chi connectivity index (χ2n) is 5.85. The molecule has 138 valence electrons. The molecule has 2 aromatic carbocycles. The van der Waals surface area contributed by atoms with Gasteiger partial charge >= 0.3 is 0 Å². The third-order valence-electron chi connectivity index (χ3n) is 4.00. The number of aryl methyl sites for hydroxylation is 1. The van der Waals surface area contributed by atoms with Gasteiger partial charge in [-0.3, -0.25) is 9.59 Å². The first kappa shape index (κ1) is 18.7. The van der Waals surface area contributed by atoms with Gasteiger partial charge in [-0.05, 0) is 31.2 Å². The Balaban J connectivity index is 1.78. The SMILES string of the molecule is CNC(=O)c1ccccc1NC(=O)Cc1nc(-c2ccccc2Cl)oc1C. The topological polar surface area (TPSA) is 84.2 Å². The van der Waals surface area contributed by atoms with Gasteiger partial charge in [-0.15, -0.1) is 0 Å². The lowest BCUT2D eigenvalue weighted by atomic mass is 10.1. The Bertz CT molecular complexity index is 998. The van der Waals surface area contributed by atoms with Gasteiger partial charge in [0, 0.05) is 7.05 Å². The molecule has 27 heavy (non-hydrogen) atoms. The Hall–Kier alpha value is -3.12. The first-order chi connectivity index (χ1) is 13.0. The highest BCUT2D eigenvalue weighted by Gasteiger charge is 2.18. The maximum absolute atomic E-state index is 12.5. The fraction of sp³-hybridized carbons (Fsp3) is 0.150. The molecule has 0 aliphatic carbocycles. The van der Waals surface area contributed by atoms with E-state index in [-0.39, 0.29) is 18.2 Å². The summed E-state index contributed by atoms with van der Waals surface area (Å²) < 4.78 is 5.67. The molecule has 2 amide bonds. The molecular formula is C20H18ClN3O3. The number of para-hydroxylation sites is 1. The molecule has 0 bridgehead atoms. The lowest BCUT2D eigenvalue weighted by Gasteiger charge is -2.09. The zero-order chi connectivity index (χ0) is 19.4. The van der Waals surface area contributed by atoms with E-state index >= 15 is 0 Å². The molecule has 0 saturated carbocycles. The van der Waals surface area contributed by atoms with Crippen molar-refractivity contribution in [2.75, 3.05) is 12.4 Å². The van der Waals surface area contributed by atoms with Crippen LogP contribution in [0, 0.1) is 6.92 Å². The van der Waals surface area contributed by atoms with E-state index < -0.39 is 0 Å². The van der Waals surface area contributed by atoms with Crippen molar-refractivity contribution in [1.29, 1.82) is 0 Å². The van der Waals surface area contributed by atoms with Gasteiger partial charge in [0.25, 0.3) is 5.91 Å². The number of carbonyl (C=O) groups excluding carboxylic acids is 2. The quantitative estimate of drug-likeness (QED) is 0.701. The minimum absolute atomic E-state index is 0.0157. The fourth-order valence-electron chi connectivity index (χ4n) is 2.61. The van der Waals surface area contributed by atoms with Gasteiger partial charge in [0.15, 0.2) is 0 Å². The Morgan fingerprint density at radius 1 is 1.11 bits per heavy atom. The van der Waals surface area contributed by atoms with E-state index in [2.05, 4.69) is 15.6 Å². The fourth-order valence-corrected chi connectivity index (χ4v) is 2.83. The van der Waals surface area contributed by atoms with Crippen LogP contribution in [-0.2, 0) is 11.2 Å². The second kappa shape index (κ2) is 8.05. The molecule has 0 fully saturated rings. The molecule has 0 unspecified atom stereocenters. The first-order valence-electron chi connectivity index (χ1n) is 8.31. The van der Waals surface area contributed by atoms with Crippen LogP contribution in [0.1, 0.15) is 21.8 Å². The molecule has 0 atom stereocenters.